The zero-order valence-electron chi connectivity index (χ0n) is 18.3. The van der Waals surface area contributed by atoms with E-state index in [0.29, 0.717) is 24.1 Å². The van der Waals surface area contributed by atoms with E-state index in [2.05, 4.69) is 32.5 Å². The maximum Gasteiger partial charge on any atom is 0.329 e. The maximum absolute atomic E-state index is 13.0. The molecule has 4 aromatic rings. The Morgan fingerprint density at radius 2 is 1.84 bits per heavy atom. The predicted octanol–water partition coefficient (Wildman–Crippen LogP) is 4.35. The molecule has 8 nitrogen and oxygen atoms in total. The maximum atomic E-state index is 13.0. The first-order chi connectivity index (χ1) is 15.6. The minimum absolute atomic E-state index is 0.0729. The van der Waals surface area contributed by atoms with Gasteiger partial charge in [0, 0.05) is 23.9 Å². The Morgan fingerprint density at radius 3 is 2.50 bits per heavy atom. The third kappa shape index (κ3) is 4.36. The van der Waals surface area contributed by atoms with Crippen LogP contribution in [-0.4, -0.2) is 34.7 Å². The quantitative estimate of drug-likeness (QED) is 0.408. The number of hydrogen-bond acceptors (Lipinski definition) is 5. The molecule has 1 N–H and O–H groups in total. The van der Waals surface area contributed by atoms with Gasteiger partial charge in [0.1, 0.15) is 5.15 Å². The van der Waals surface area contributed by atoms with Crippen LogP contribution in [0, 0.1) is 0 Å². The predicted molar refractivity (Wildman–Crippen MR) is 125 cm³/mol. The Labute approximate surface area is 191 Å². The smallest absolute Gasteiger partial charge is 0.289 e. The Balaban J connectivity index is 1.65. The molecule has 9 heteroatoms. The molecular formula is C23H26ClN7O. The second-order valence-corrected chi connectivity index (χ2v) is 8.04. The second kappa shape index (κ2) is 9.91. The van der Waals surface area contributed by atoms with Crippen molar-refractivity contribution in [2.75, 3.05) is 0 Å². The van der Waals surface area contributed by atoms with Crippen LogP contribution in [0.1, 0.15) is 44.5 Å². The molecule has 0 unspecified atom stereocenters. The van der Waals surface area contributed by atoms with E-state index in [1.165, 1.54) is 0 Å². The Kier molecular flexibility index (Phi) is 6.80. The van der Waals surface area contributed by atoms with E-state index in [0.717, 1.165) is 53.8 Å². The zero-order valence-corrected chi connectivity index (χ0v) is 19.0. The van der Waals surface area contributed by atoms with Crippen LogP contribution in [0.3, 0.4) is 0 Å². The van der Waals surface area contributed by atoms with E-state index in [1.54, 1.807) is 9.13 Å². The average molecular weight is 452 g/mol. The van der Waals surface area contributed by atoms with Crippen LogP contribution < -0.4 is 5.69 Å². The number of unbranched alkanes of at least 4 members (excludes halogenated alkanes) is 1. The normalized spacial score (nSPS) is 11.2. The van der Waals surface area contributed by atoms with Gasteiger partial charge in [-0.25, -0.2) is 4.79 Å². The van der Waals surface area contributed by atoms with Crippen LogP contribution >= 0.6 is 11.6 Å². The number of benzene rings is 1. The van der Waals surface area contributed by atoms with Crippen LogP contribution in [0.15, 0.2) is 47.4 Å². The van der Waals surface area contributed by atoms with Crippen molar-refractivity contribution in [2.45, 2.75) is 52.6 Å². The zero-order chi connectivity index (χ0) is 22.5. The van der Waals surface area contributed by atoms with Crippen LogP contribution in [-0.2, 0) is 19.5 Å². The summed E-state index contributed by atoms with van der Waals surface area (Å²) >= 11 is 6.59. The second-order valence-electron chi connectivity index (χ2n) is 7.68. The summed E-state index contributed by atoms with van der Waals surface area (Å²) in [6.45, 7) is 5.18. The number of rotatable bonds is 9. The van der Waals surface area contributed by atoms with Crippen molar-refractivity contribution in [3.8, 4) is 22.5 Å². The van der Waals surface area contributed by atoms with Crippen LogP contribution in [0.4, 0.5) is 0 Å². The number of imidazole rings is 1. The van der Waals surface area contributed by atoms with E-state index in [9.17, 15) is 4.79 Å². The molecule has 0 aliphatic heterocycles. The topological polar surface area (TPSA) is 94.3 Å². The molecular weight excluding hydrogens is 426 g/mol. The molecule has 32 heavy (non-hydrogen) atoms. The summed E-state index contributed by atoms with van der Waals surface area (Å²) in [6, 6.07) is 11.8. The molecule has 0 atom stereocenters. The molecule has 4 rings (SSSR count). The largest absolute Gasteiger partial charge is 0.329 e. The molecule has 0 radical (unpaired) electrons. The first-order valence-corrected chi connectivity index (χ1v) is 11.3. The third-order valence-corrected chi connectivity index (χ3v) is 5.87. The fraction of sp³-hybridized carbons (Fsp3) is 0.348. The number of H-pyrrole nitrogens is 1. The molecule has 166 valence electrons. The molecule has 0 fully saturated rings. The first kappa shape index (κ1) is 22.0. The fourth-order valence-corrected chi connectivity index (χ4v) is 4.17. The van der Waals surface area contributed by atoms with Crippen molar-refractivity contribution in [1.82, 2.24) is 34.7 Å². The van der Waals surface area contributed by atoms with Crippen LogP contribution in [0.5, 0.6) is 0 Å². The van der Waals surface area contributed by atoms with Gasteiger partial charge in [0.2, 0.25) is 5.82 Å². The first-order valence-electron chi connectivity index (χ1n) is 10.9. The van der Waals surface area contributed by atoms with Gasteiger partial charge in [-0.05, 0) is 36.1 Å². The number of nitrogens with one attached hydrogen (secondary N) is 1. The monoisotopic (exact) mass is 451 g/mol. The number of pyridine rings is 1. The highest BCUT2D eigenvalue weighted by Crippen LogP contribution is 2.29. The van der Waals surface area contributed by atoms with Crippen molar-refractivity contribution in [3.63, 3.8) is 0 Å². The van der Waals surface area contributed by atoms with Gasteiger partial charge in [-0.1, -0.05) is 62.2 Å². The SMILES string of the molecule is CCCCc1c(Cl)n(CCC)c(=O)n1Cc1ccc(-c2ccccc2-c2nn[nH]n2)cn1. The Hall–Kier alpha value is -3.26. The highest BCUT2D eigenvalue weighted by Gasteiger charge is 2.18. The highest BCUT2D eigenvalue weighted by atomic mass is 35.5. The fourth-order valence-electron chi connectivity index (χ4n) is 3.82. The van der Waals surface area contributed by atoms with E-state index < -0.39 is 0 Å². The summed E-state index contributed by atoms with van der Waals surface area (Å²) in [5.41, 5.74) is 4.39. The van der Waals surface area contributed by atoms with Crippen LogP contribution in [0.2, 0.25) is 5.15 Å². The minimum atomic E-state index is -0.0729. The summed E-state index contributed by atoms with van der Waals surface area (Å²) < 4.78 is 3.44. The standard InChI is InChI=1S/C23H26ClN7O/c1-3-5-10-20-21(24)30(13-4-2)23(32)31(20)15-17-12-11-16(14-25-17)18-8-6-7-9-19(18)22-26-28-29-27-22/h6-9,11-12,14H,3-5,10,13,15H2,1-2H3,(H,26,27,28,29). The van der Waals surface area contributed by atoms with E-state index in [1.807, 2.05) is 49.5 Å². The van der Waals surface area contributed by atoms with Crippen molar-refractivity contribution in [3.05, 3.63) is 69.6 Å². The summed E-state index contributed by atoms with van der Waals surface area (Å²) in [5.74, 6) is 0.531. The Bertz CT molecular complexity index is 1230. The number of aromatic amines is 1. The van der Waals surface area contributed by atoms with Crippen LogP contribution in [0.25, 0.3) is 22.5 Å². The van der Waals surface area contributed by atoms with Gasteiger partial charge in [-0.2, -0.15) is 5.21 Å². The van der Waals surface area contributed by atoms with E-state index in [4.69, 9.17) is 11.6 Å². The molecule has 0 saturated heterocycles. The lowest BCUT2D eigenvalue weighted by atomic mass is 10.0. The van der Waals surface area contributed by atoms with Gasteiger partial charge in [0.15, 0.2) is 0 Å². The number of nitrogens with zero attached hydrogens (tertiary/aromatic N) is 6. The summed E-state index contributed by atoms with van der Waals surface area (Å²) in [5, 5.41) is 14.9. The van der Waals surface area contributed by atoms with Crippen molar-refractivity contribution < 1.29 is 0 Å². The number of aromatic nitrogens is 7. The lowest BCUT2D eigenvalue weighted by Crippen LogP contribution is -2.26. The molecule has 0 amide bonds. The molecule has 0 aliphatic carbocycles. The lowest BCUT2D eigenvalue weighted by molar-refractivity contribution is 0.613. The summed E-state index contributed by atoms with van der Waals surface area (Å²) in [7, 11) is 0. The number of tetrazole rings is 1. The molecule has 0 bridgehead atoms. The van der Waals surface area contributed by atoms with E-state index in [-0.39, 0.29) is 5.69 Å². The minimum Gasteiger partial charge on any atom is -0.289 e. The summed E-state index contributed by atoms with van der Waals surface area (Å²) in [6.07, 6.45) is 5.46. The summed E-state index contributed by atoms with van der Waals surface area (Å²) in [4.78, 5) is 17.7. The van der Waals surface area contributed by atoms with E-state index >= 15 is 0 Å². The van der Waals surface area contributed by atoms with Gasteiger partial charge < -0.3 is 0 Å². The number of halogens is 1. The van der Waals surface area contributed by atoms with Crippen molar-refractivity contribution in [2.24, 2.45) is 0 Å². The molecule has 3 heterocycles. The molecule has 0 saturated carbocycles. The highest BCUT2D eigenvalue weighted by molar-refractivity contribution is 6.30. The molecule has 1 aromatic carbocycles. The molecule has 0 spiro atoms. The van der Waals surface area contributed by atoms with Crippen molar-refractivity contribution in [1.29, 1.82) is 0 Å². The van der Waals surface area contributed by atoms with Gasteiger partial charge in [-0.3, -0.25) is 14.1 Å². The van der Waals surface area contributed by atoms with Crippen molar-refractivity contribution >= 4 is 11.6 Å². The average Bonchev–Trinajstić information content (AvgIpc) is 3.43. The third-order valence-electron chi connectivity index (χ3n) is 5.45. The lowest BCUT2D eigenvalue weighted by Gasteiger charge is -2.09. The Morgan fingerprint density at radius 1 is 1.03 bits per heavy atom. The number of hydrogen-bond donors (Lipinski definition) is 1. The molecule has 3 aromatic heterocycles. The van der Waals surface area contributed by atoms with Gasteiger partial charge in [0.25, 0.3) is 0 Å². The van der Waals surface area contributed by atoms with Gasteiger partial charge in [-0.15, -0.1) is 10.2 Å². The molecule has 0 aliphatic rings. The van der Waals surface area contributed by atoms with Gasteiger partial charge in [0.05, 0.1) is 17.9 Å². The van der Waals surface area contributed by atoms with Gasteiger partial charge >= 0.3 is 5.69 Å².